The van der Waals surface area contributed by atoms with Gasteiger partial charge in [-0.2, -0.15) is 0 Å². The van der Waals surface area contributed by atoms with Crippen LogP contribution in [0, 0.1) is 11.8 Å². The Hall–Kier alpha value is -3.13. The van der Waals surface area contributed by atoms with Crippen molar-refractivity contribution in [3.05, 3.63) is 47.4 Å². The molecular formula is C25H30N2O6. The van der Waals surface area contributed by atoms with Crippen molar-refractivity contribution in [3.63, 3.8) is 0 Å². The van der Waals surface area contributed by atoms with Crippen LogP contribution in [0.2, 0.25) is 0 Å². The summed E-state index contributed by atoms with van der Waals surface area (Å²) in [5, 5.41) is 0.973. The minimum Gasteiger partial charge on any atom is -0.497 e. The normalized spacial score (nSPS) is 21.9. The van der Waals surface area contributed by atoms with Crippen molar-refractivity contribution < 1.29 is 28.5 Å². The van der Waals surface area contributed by atoms with Gasteiger partial charge in [0.1, 0.15) is 5.75 Å². The van der Waals surface area contributed by atoms with Gasteiger partial charge in [0.15, 0.2) is 0 Å². The van der Waals surface area contributed by atoms with Gasteiger partial charge in [0.2, 0.25) is 6.29 Å². The topological polar surface area (TPSA) is 87.2 Å². The Labute approximate surface area is 193 Å². The number of hydrogen-bond donors (Lipinski definition) is 0. The van der Waals surface area contributed by atoms with Crippen molar-refractivity contribution in [3.8, 4) is 5.75 Å². The number of fused-ring (bicyclic) bond motifs is 2. The van der Waals surface area contributed by atoms with E-state index in [9.17, 15) is 9.59 Å². The van der Waals surface area contributed by atoms with E-state index in [0.29, 0.717) is 25.3 Å². The lowest BCUT2D eigenvalue weighted by Gasteiger charge is -2.37. The van der Waals surface area contributed by atoms with Crippen molar-refractivity contribution in [1.29, 1.82) is 0 Å². The number of ether oxygens (including phenoxy) is 4. The monoisotopic (exact) mass is 454 g/mol. The largest absolute Gasteiger partial charge is 0.497 e. The number of nitrogens with zero attached hydrogens (tertiary/aromatic N) is 2. The fraction of sp³-hybridized carbons (Fsp3) is 0.480. The molecule has 3 atom stereocenters. The molecule has 0 saturated carbocycles. The molecule has 3 heterocycles. The van der Waals surface area contributed by atoms with Crippen molar-refractivity contribution in [1.82, 2.24) is 9.88 Å². The van der Waals surface area contributed by atoms with Crippen LogP contribution >= 0.6 is 0 Å². The molecule has 1 aromatic carbocycles. The molecule has 2 aromatic rings. The number of rotatable bonds is 7. The molecule has 0 bridgehead atoms. The molecule has 3 unspecified atom stereocenters. The Balaban J connectivity index is 1.59. The predicted molar refractivity (Wildman–Crippen MR) is 121 cm³/mol. The number of hydrogen-bond acceptors (Lipinski definition) is 7. The number of benzene rings is 1. The first kappa shape index (κ1) is 23.0. The average molecular weight is 455 g/mol. The van der Waals surface area contributed by atoms with Crippen molar-refractivity contribution in [2.24, 2.45) is 11.8 Å². The summed E-state index contributed by atoms with van der Waals surface area (Å²) in [4.78, 5) is 31.6. The lowest BCUT2D eigenvalue weighted by molar-refractivity contribution is -0.169. The van der Waals surface area contributed by atoms with Crippen LogP contribution in [-0.4, -0.2) is 48.4 Å². The maximum absolute atomic E-state index is 13.6. The van der Waals surface area contributed by atoms with Crippen LogP contribution < -0.4 is 4.74 Å². The molecule has 8 heteroatoms. The number of pyridine rings is 1. The number of carbonyl (C=O) groups excluding carboxylic acids is 2. The van der Waals surface area contributed by atoms with Gasteiger partial charge in [-0.25, -0.2) is 0 Å². The summed E-state index contributed by atoms with van der Waals surface area (Å²) in [5.41, 5.74) is 3.26. The third kappa shape index (κ3) is 4.66. The second-order valence-corrected chi connectivity index (χ2v) is 8.33. The maximum Gasteiger partial charge on any atom is 0.302 e. The molecule has 1 amide bonds. The molecule has 2 aliphatic heterocycles. The molecule has 1 aromatic heterocycles. The third-order valence-electron chi connectivity index (χ3n) is 6.29. The minimum absolute atomic E-state index is 0.105. The lowest BCUT2D eigenvalue weighted by Crippen LogP contribution is -2.42. The highest BCUT2D eigenvalue weighted by Crippen LogP contribution is 2.36. The molecule has 33 heavy (non-hydrogen) atoms. The molecule has 0 spiro atoms. The zero-order valence-electron chi connectivity index (χ0n) is 19.5. The van der Waals surface area contributed by atoms with E-state index < -0.39 is 6.29 Å². The number of aromatic nitrogens is 1. The highest BCUT2D eigenvalue weighted by molar-refractivity contribution is 5.94. The smallest absolute Gasteiger partial charge is 0.302 e. The summed E-state index contributed by atoms with van der Waals surface area (Å²) in [5.74, 6) is -0.165. The lowest BCUT2D eigenvalue weighted by atomic mass is 9.82. The van der Waals surface area contributed by atoms with Gasteiger partial charge in [-0.3, -0.25) is 14.6 Å². The standard InChI is InChI=1S/C25H30N2O6/c1-5-19-20(13-32-15(3)28)21(14-33-25(19)31-6-2)24(29)27-11-17-9-16-10-18(30-4)7-8-22(16)26-23(17)12-27/h7-10,14,19-20,25H,5-6,11-13H2,1-4H3. The summed E-state index contributed by atoms with van der Waals surface area (Å²) in [6.45, 7) is 6.76. The first-order valence-electron chi connectivity index (χ1n) is 11.3. The van der Waals surface area contributed by atoms with Gasteiger partial charge in [0.05, 0.1) is 43.3 Å². The zero-order chi connectivity index (χ0) is 23.5. The second-order valence-electron chi connectivity index (χ2n) is 8.33. The molecule has 0 N–H and O–H groups in total. The van der Waals surface area contributed by atoms with Gasteiger partial charge < -0.3 is 23.8 Å². The van der Waals surface area contributed by atoms with Gasteiger partial charge in [-0.1, -0.05) is 6.92 Å². The van der Waals surface area contributed by atoms with E-state index in [0.717, 1.165) is 34.3 Å². The van der Waals surface area contributed by atoms with Gasteiger partial charge in [0, 0.05) is 37.3 Å². The van der Waals surface area contributed by atoms with Crippen LogP contribution in [0.4, 0.5) is 0 Å². The van der Waals surface area contributed by atoms with E-state index in [2.05, 4.69) is 6.07 Å². The summed E-state index contributed by atoms with van der Waals surface area (Å²) < 4.78 is 22.2. The minimum atomic E-state index is -0.477. The van der Waals surface area contributed by atoms with Crippen LogP contribution in [-0.2, 0) is 36.9 Å². The van der Waals surface area contributed by atoms with E-state index in [-0.39, 0.29) is 30.3 Å². The molecule has 2 aliphatic rings. The van der Waals surface area contributed by atoms with Crippen molar-refractivity contribution >= 4 is 22.8 Å². The fourth-order valence-electron chi connectivity index (χ4n) is 4.59. The van der Waals surface area contributed by atoms with Crippen LogP contribution in [0.5, 0.6) is 5.75 Å². The zero-order valence-corrected chi connectivity index (χ0v) is 19.5. The number of esters is 1. The SMILES string of the molecule is CCOC1OC=C(C(=O)N2Cc3cc4cc(OC)ccc4nc3C2)C(COC(C)=O)C1CC. The maximum atomic E-state index is 13.6. The number of carbonyl (C=O) groups is 2. The molecule has 176 valence electrons. The summed E-state index contributed by atoms with van der Waals surface area (Å²) >= 11 is 0. The molecular weight excluding hydrogens is 424 g/mol. The Morgan fingerprint density at radius 2 is 2.03 bits per heavy atom. The highest BCUT2D eigenvalue weighted by atomic mass is 16.7. The van der Waals surface area contributed by atoms with E-state index in [1.807, 2.05) is 32.0 Å². The van der Waals surface area contributed by atoms with E-state index in [1.54, 1.807) is 12.0 Å². The van der Waals surface area contributed by atoms with Crippen LogP contribution in [0.15, 0.2) is 36.1 Å². The second kappa shape index (κ2) is 9.79. The highest BCUT2D eigenvalue weighted by Gasteiger charge is 2.41. The summed E-state index contributed by atoms with van der Waals surface area (Å²) in [6, 6.07) is 7.81. The summed E-state index contributed by atoms with van der Waals surface area (Å²) in [7, 11) is 1.63. The summed E-state index contributed by atoms with van der Waals surface area (Å²) in [6.07, 6.45) is 1.73. The predicted octanol–water partition coefficient (Wildman–Crippen LogP) is 3.57. The molecule has 0 fully saturated rings. The van der Waals surface area contributed by atoms with Gasteiger partial charge in [-0.15, -0.1) is 0 Å². The van der Waals surface area contributed by atoms with Crippen LogP contribution in [0.1, 0.15) is 38.4 Å². The van der Waals surface area contributed by atoms with Crippen LogP contribution in [0.25, 0.3) is 10.9 Å². The van der Waals surface area contributed by atoms with E-state index in [1.165, 1.54) is 13.2 Å². The number of methoxy groups -OCH3 is 1. The average Bonchev–Trinajstić information content (AvgIpc) is 3.23. The van der Waals surface area contributed by atoms with Crippen molar-refractivity contribution in [2.75, 3.05) is 20.3 Å². The first-order chi connectivity index (χ1) is 15.9. The first-order valence-corrected chi connectivity index (χ1v) is 11.3. The molecule has 0 saturated heterocycles. The van der Waals surface area contributed by atoms with E-state index >= 15 is 0 Å². The number of amides is 1. The molecule has 8 nitrogen and oxygen atoms in total. The van der Waals surface area contributed by atoms with Crippen LogP contribution in [0.3, 0.4) is 0 Å². The van der Waals surface area contributed by atoms with Gasteiger partial charge in [-0.05, 0) is 43.2 Å². The molecule has 0 radical (unpaired) electrons. The van der Waals surface area contributed by atoms with Gasteiger partial charge in [0.25, 0.3) is 5.91 Å². The van der Waals surface area contributed by atoms with Gasteiger partial charge >= 0.3 is 5.97 Å². The van der Waals surface area contributed by atoms with E-state index in [4.69, 9.17) is 23.9 Å². The Kier molecular flexibility index (Phi) is 6.83. The quantitative estimate of drug-likeness (QED) is 0.591. The Morgan fingerprint density at radius 3 is 2.73 bits per heavy atom. The van der Waals surface area contributed by atoms with Crippen molar-refractivity contribution in [2.45, 2.75) is 46.6 Å². The third-order valence-corrected chi connectivity index (χ3v) is 6.29. The molecule has 0 aliphatic carbocycles. The fourth-order valence-corrected chi connectivity index (χ4v) is 4.59. The Morgan fingerprint density at radius 1 is 1.21 bits per heavy atom. The Bertz CT molecular complexity index is 1080. The molecule has 4 rings (SSSR count).